The Morgan fingerprint density at radius 2 is 1.95 bits per heavy atom. The number of hydrogen-bond donors (Lipinski definition) is 1. The Morgan fingerprint density at radius 3 is 2.43 bits per heavy atom. The number of rotatable bonds is 5. The van der Waals surface area contributed by atoms with E-state index in [2.05, 4.69) is 6.58 Å². The van der Waals surface area contributed by atoms with Crippen molar-refractivity contribution in [1.82, 2.24) is 0 Å². The molecule has 1 heterocycles. The summed E-state index contributed by atoms with van der Waals surface area (Å²) < 4.78 is 45.1. The van der Waals surface area contributed by atoms with Gasteiger partial charge in [0.25, 0.3) is 0 Å². The van der Waals surface area contributed by atoms with Crippen LogP contribution in [0.15, 0.2) is 24.8 Å². The smallest absolute Gasteiger partial charge is 0.194 e. The molecule has 5 heteroatoms. The number of aliphatic hydroxyl groups excluding tert-OH is 1. The second kappa shape index (κ2) is 7.09. The van der Waals surface area contributed by atoms with Crippen molar-refractivity contribution in [2.45, 2.75) is 25.4 Å². The lowest BCUT2D eigenvalue weighted by Crippen LogP contribution is -2.28. The highest BCUT2D eigenvalue weighted by molar-refractivity contribution is 5.22. The van der Waals surface area contributed by atoms with Gasteiger partial charge in [0, 0.05) is 6.61 Å². The average Bonchev–Trinajstić information content (AvgIpc) is 2.50. The number of halogens is 3. The van der Waals surface area contributed by atoms with Crippen LogP contribution in [0.2, 0.25) is 0 Å². The number of hydrogen-bond acceptors (Lipinski definition) is 2. The van der Waals surface area contributed by atoms with Gasteiger partial charge in [-0.2, -0.15) is 0 Å². The van der Waals surface area contributed by atoms with Gasteiger partial charge in [0.2, 0.25) is 0 Å². The highest BCUT2D eigenvalue weighted by Gasteiger charge is 2.29. The van der Waals surface area contributed by atoms with Crippen LogP contribution >= 0.6 is 0 Å². The van der Waals surface area contributed by atoms with Crippen molar-refractivity contribution < 1.29 is 23.0 Å². The first-order chi connectivity index (χ1) is 10.1. The van der Waals surface area contributed by atoms with Crippen LogP contribution in [0.3, 0.4) is 0 Å². The van der Waals surface area contributed by atoms with Crippen molar-refractivity contribution in [2.75, 3.05) is 13.2 Å². The maximum Gasteiger partial charge on any atom is 0.194 e. The molecular weight excluding hydrogens is 281 g/mol. The van der Waals surface area contributed by atoms with Crippen molar-refractivity contribution in [3.63, 3.8) is 0 Å². The number of allylic oxidation sites excluding steroid dienone is 1. The zero-order chi connectivity index (χ0) is 15.4. The van der Waals surface area contributed by atoms with Gasteiger partial charge in [-0.25, -0.2) is 13.2 Å². The molecule has 2 rings (SSSR count). The minimum Gasteiger partial charge on any atom is -0.396 e. The van der Waals surface area contributed by atoms with Crippen molar-refractivity contribution in [3.05, 3.63) is 47.8 Å². The molecule has 3 unspecified atom stereocenters. The summed E-state index contributed by atoms with van der Waals surface area (Å²) in [6, 6.07) is 1.97. The molecule has 3 atom stereocenters. The molecular formula is C16H19F3O2. The Kier molecular flexibility index (Phi) is 5.42. The molecule has 1 N–H and O–H groups in total. The molecule has 1 saturated heterocycles. The van der Waals surface area contributed by atoms with Gasteiger partial charge in [-0.1, -0.05) is 6.08 Å². The summed E-state index contributed by atoms with van der Waals surface area (Å²) in [7, 11) is 0. The summed E-state index contributed by atoms with van der Waals surface area (Å²) in [5, 5.41) is 9.35. The Labute approximate surface area is 122 Å². The Bertz CT molecular complexity index is 473. The van der Waals surface area contributed by atoms with Crippen LogP contribution in [0.1, 0.15) is 30.9 Å². The summed E-state index contributed by atoms with van der Waals surface area (Å²) in [6.45, 7) is 4.13. The topological polar surface area (TPSA) is 29.5 Å². The summed E-state index contributed by atoms with van der Waals surface area (Å²) >= 11 is 0. The van der Waals surface area contributed by atoms with E-state index >= 15 is 0 Å². The molecule has 0 amide bonds. The molecule has 116 valence electrons. The van der Waals surface area contributed by atoms with E-state index in [1.54, 1.807) is 6.08 Å². The zero-order valence-corrected chi connectivity index (χ0v) is 11.7. The molecule has 1 aliphatic rings. The fourth-order valence-corrected chi connectivity index (χ4v) is 2.80. The fourth-order valence-electron chi connectivity index (χ4n) is 2.80. The predicted octanol–water partition coefficient (Wildman–Crippen LogP) is 3.76. The summed E-state index contributed by atoms with van der Waals surface area (Å²) in [5.41, 5.74) is 0.314. The standard InChI is InChI=1S/C16H19F3O2/c1-2-3-10(8-20)11-4-5-15(21-9-11)12-6-13(17)16(19)14(18)7-12/h2,6-7,10-11,15,20H,1,3-5,8-9H2. The van der Waals surface area contributed by atoms with E-state index in [1.807, 2.05) is 0 Å². The largest absolute Gasteiger partial charge is 0.396 e. The van der Waals surface area contributed by atoms with Crippen molar-refractivity contribution in [3.8, 4) is 0 Å². The summed E-state index contributed by atoms with van der Waals surface area (Å²) in [4.78, 5) is 0. The van der Waals surface area contributed by atoms with Gasteiger partial charge in [0.1, 0.15) is 0 Å². The van der Waals surface area contributed by atoms with E-state index in [9.17, 15) is 18.3 Å². The predicted molar refractivity (Wildman–Crippen MR) is 73.1 cm³/mol. The third kappa shape index (κ3) is 3.66. The van der Waals surface area contributed by atoms with Crippen LogP contribution in [-0.2, 0) is 4.74 Å². The van der Waals surface area contributed by atoms with Crippen LogP contribution in [0.25, 0.3) is 0 Å². The van der Waals surface area contributed by atoms with E-state index in [1.165, 1.54) is 0 Å². The molecule has 0 saturated carbocycles. The monoisotopic (exact) mass is 300 g/mol. The molecule has 0 spiro atoms. The number of benzene rings is 1. The first kappa shape index (κ1) is 16.0. The van der Waals surface area contributed by atoms with Gasteiger partial charge < -0.3 is 9.84 Å². The number of aliphatic hydroxyl groups is 1. The molecule has 0 aromatic heterocycles. The van der Waals surface area contributed by atoms with Crippen molar-refractivity contribution in [1.29, 1.82) is 0 Å². The van der Waals surface area contributed by atoms with E-state index in [-0.39, 0.29) is 18.4 Å². The highest BCUT2D eigenvalue weighted by Crippen LogP contribution is 2.35. The third-order valence-electron chi connectivity index (χ3n) is 4.06. The fraction of sp³-hybridized carbons (Fsp3) is 0.500. The van der Waals surface area contributed by atoms with E-state index < -0.39 is 23.6 Å². The van der Waals surface area contributed by atoms with Crippen LogP contribution in [-0.4, -0.2) is 18.3 Å². The molecule has 21 heavy (non-hydrogen) atoms. The van der Waals surface area contributed by atoms with Gasteiger partial charge in [-0.05, 0) is 48.8 Å². The first-order valence-corrected chi connectivity index (χ1v) is 7.04. The minimum absolute atomic E-state index is 0.0600. The van der Waals surface area contributed by atoms with Crippen LogP contribution in [0.5, 0.6) is 0 Å². The molecule has 0 bridgehead atoms. The zero-order valence-electron chi connectivity index (χ0n) is 11.7. The van der Waals surface area contributed by atoms with Gasteiger partial charge in [-0.3, -0.25) is 0 Å². The maximum absolute atomic E-state index is 13.2. The lowest BCUT2D eigenvalue weighted by Gasteiger charge is -2.33. The van der Waals surface area contributed by atoms with Crippen molar-refractivity contribution in [2.24, 2.45) is 11.8 Å². The summed E-state index contributed by atoms with van der Waals surface area (Å²) in [6.07, 6.45) is 3.40. The van der Waals surface area contributed by atoms with Crippen molar-refractivity contribution >= 4 is 0 Å². The molecule has 0 aliphatic carbocycles. The third-order valence-corrected chi connectivity index (χ3v) is 4.06. The molecule has 1 aliphatic heterocycles. The van der Waals surface area contributed by atoms with E-state index in [4.69, 9.17) is 4.74 Å². The molecule has 0 radical (unpaired) electrons. The lowest BCUT2D eigenvalue weighted by molar-refractivity contribution is -0.0407. The van der Waals surface area contributed by atoms with Crippen LogP contribution < -0.4 is 0 Å². The minimum atomic E-state index is -1.46. The van der Waals surface area contributed by atoms with E-state index in [0.717, 1.165) is 18.6 Å². The van der Waals surface area contributed by atoms with Crippen LogP contribution in [0.4, 0.5) is 13.2 Å². The molecule has 1 fully saturated rings. The van der Waals surface area contributed by atoms with Gasteiger partial charge in [-0.15, -0.1) is 6.58 Å². The second-order valence-electron chi connectivity index (χ2n) is 5.42. The van der Waals surface area contributed by atoms with Crippen LogP contribution in [0, 0.1) is 29.3 Å². The maximum atomic E-state index is 13.2. The van der Waals surface area contributed by atoms with Gasteiger partial charge in [0.15, 0.2) is 17.5 Å². The van der Waals surface area contributed by atoms with E-state index in [0.29, 0.717) is 25.0 Å². The molecule has 1 aromatic carbocycles. The first-order valence-electron chi connectivity index (χ1n) is 7.04. The summed E-state index contributed by atoms with van der Waals surface area (Å²) in [5.74, 6) is -3.57. The van der Waals surface area contributed by atoms with Gasteiger partial charge in [0.05, 0.1) is 12.7 Å². The average molecular weight is 300 g/mol. The Balaban J connectivity index is 2.02. The van der Waals surface area contributed by atoms with Gasteiger partial charge >= 0.3 is 0 Å². The number of ether oxygens (including phenoxy) is 1. The Hall–Kier alpha value is -1.33. The molecule has 1 aromatic rings. The SMILES string of the molecule is C=CCC(CO)C1CCC(c2cc(F)c(F)c(F)c2)OC1. The Morgan fingerprint density at radius 1 is 1.29 bits per heavy atom. The lowest BCUT2D eigenvalue weighted by atomic mass is 9.84. The normalized spacial score (nSPS) is 23.8. The second-order valence-corrected chi connectivity index (χ2v) is 5.42. The highest BCUT2D eigenvalue weighted by atomic mass is 19.2. The molecule has 2 nitrogen and oxygen atoms in total. The quantitative estimate of drug-likeness (QED) is 0.663.